The number of nitrogens with zero attached hydrogens (tertiary/aromatic N) is 4. The third-order valence-electron chi connectivity index (χ3n) is 9.82. The summed E-state index contributed by atoms with van der Waals surface area (Å²) in [6, 6.07) is 51.4. The van der Waals surface area contributed by atoms with E-state index in [1.807, 2.05) is 65.2 Å². The Hall–Kier alpha value is -7.09. The molecule has 0 radical (unpaired) electrons. The summed E-state index contributed by atoms with van der Waals surface area (Å²) in [6.07, 6.45) is -4.73. The van der Waals surface area contributed by atoms with Crippen molar-refractivity contribution >= 4 is 43.6 Å². The van der Waals surface area contributed by atoms with Gasteiger partial charge in [-0.2, -0.15) is 23.7 Å². The van der Waals surface area contributed by atoms with Crippen molar-refractivity contribution in [3.63, 3.8) is 0 Å². The van der Waals surface area contributed by atoms with Gasteiger partial charge >= 0.3 is 6.18 Å². The van der Waals surface area contributed by atoms with Gasteiger partial charge in [0.05, 0.1) is 62.3 Å². The topological polar surface area (TPSA) is 57.4 Å². The van der Waals surface area contributed by atoms with Gasteiger partial charge in [-0.15, -0.1) is 0 Å². The quantitative estimate of drug-likeness (QED) is 0.186. The van der Waals surface area contributed by atoms with Crippen LogP contribution in [-0.4, -0.2) is 9.13 Å². The highest BCUT2D eigenvalue weighted by Crippen LogP contribution is 2.43. The zero-order chi connectivity index (χ0) is 35.6. The van der Waals surface area contributed by atoms with Gasteiger partial charge < -0.3 is 9.13 Å². The van der Waals surface area contributed by atoms with Crippen molar-refractivity contribution in [1.29, 1.82) is 10.5 Å². The maximum atomic E-state index is 14.5. The van der Waals surface area contributed by atoms with Crippen LogP contribution in [0.1, 0.15) is 16.7 Å². The maximum Gasteiger partial charge on any atom is 0.417 e. The Morgan fingerprint density at radius 1 is 0.423 bits per heavy atom. The molecule has 0 N–H and O–H groups in total. The fourth-order valence-electron chi connectivity index (χ4n) is 7.59. The molecule has 9 rings (SSSR count). The van der Waals surface area contributed by atoms with Crippen molar-refractivity contribution in [2.75, 3.05) is 0 Å². The minimum atomic E-state index is -4.73. The van der Waals surface area contributed by atoms with E-state index >= 15 is 0 Å². The van der Waals surface area contributed by atoms with Gasteiger partial charge in [-0.3, -0.25) is 0 Å². The molecule has 4 nitrogen and oxygen atoms in total. The number of alkyl halides is 3. The number of nitriles is 2. The van der Waals surface area contributed by atoms with Gasteiger partial charge in [0, 0.05) is 32.7 Å². The SMILES string of the molecule is N#Cc1ccc(-n2c3ccccc3c3cc(-c4ccccc4-n4c5ccccc5c5ccccc54)ccc32)c(-c2ccc(C#N)cc2C(F)(F)F)c1. The molecule has 9 aromatic rings. The van der Waals surface area contributed by atoms with Crippen LogP contribution in [0.25, 0.3) is 77.2 Å². The van der Waals surface area contributed by atoms with Crippen LogP contribution < -0.4 is 0 Å². The Balaban J connectivity index is 1.30. The van der Waals surface area contributed by atoms with E-state index in [9.17, 15) is 23.7 Å². The van der Waals surface area contributed by atoms with Gasteiger partial charge in [0.15, 0.2) is 0 Å². The summed E-state index contributed by atoms with van der Waals surface area (Å²) in [4.78, 5) is 0. The second-order valence-corrected chi connectivity index (χ2v) is 12.7. The van der Waals surface area contributed by atoms with Crippen molar-refractivity contribution in [3.8, 4) is 45.8 Å². The first-order valence-electron chi connectivity index (χ1n) is 16.6. The molecule has 246 valence electrons. The molecular formula is C45H25F3N4. The minimum absolute atomic E-state index is 0.0976. The van der Waals surface area contributed by atoms with Crippen LogP contribution in [0.2, 0.25) is 0 Å². The molecule has 2 heterocycles. The predicted octanol–water partition coefficient (Wildman–Crippen LogP) is 12.0. The van der Waals surface area contributed by atoms with Crippen molar-refractivity contribution in [3.05, 3.63) is 168 Å². The maximum absolute atomic E-state index is 14.5. The number of halogens is 3. The predicted molar refractivity (Wildman–Crippen MR) is 200 cm³/mol. The molecule has 0 aliphatic carbocycles. The zero-order valence-electron chi connectivity index (χ0n) is 27.4. The van der Waals surface area contributed by atoms with Crippen molar-refractivity contribution in [1.82, 2.24) is 9.13 Å². The number of hydrogen-bond donors (Lipinski definition) is 0. The van der Waals surface area contributed by atoms with E-state index in [0.717, 1.165) is 55.7 Å². The Morgan fingerprint density at radius 3 is 1.54 bits per heavy atom. The molecule has 0 bridgehead atoms. The molecular weight excluding hydrogens is 654 g/mol. The van der Waals surface area contributed by atoms with Gasteiger partial charge in [0.1, 0.15) is 0 Å². The van der Waals surface area contributed by atoms with Gasteiger partial charge in [0.2, 0.25) is 0 Å². The Kier molecular flexibility index (Phi) is 7.00. The first kappa shape index (κ1) is 30.9. The monoisotopic (exact) mass is 678 g/mol. The summed E-state index contributed by atoms with van der Waals surface area (Å²) in [5.41, 5.74) is 6.64. The van der Waals surface area contributed by atoms with Crippen LogP contribution in [0.5, 0.6) is 0 Å². The summed E-state index contributed by atoms with van der Waals surface area (Å²) >= 11 is 0. The lowest BCUT2D eigenvalue weighted by Gasteiger charge is -2.19. The molecule has 0 spiro atoms. The standard InChI is InChI=1S/C45H25F3N4/c46-45(47,48)38-24-29(27-50)17-20-32(38)36-23-28(26-49)18-21-43(36)52-42-16-8-4-12-35(42)37-25-30(19-22-44(37)52)31-9-1-5-13-39(31)51-40-14-6-2-10-33(40)34-11-3-7-15-41(34)51/h1-25H. The molecule has 0 saturated heterocycles. The fourth-order valence-corrected chi connectivity index (χ4v) is 7.59. The average molecular weight is 679 g/mol. The van der Waals surface area contributed by atoms with Gasteiger partial charge in [-0.25, -0.2) is 0 Å². The highest BCUT2D eigenvalue weighted by molar-refractivity contribution is 6.12. The van der Waals surface area contributed by atoms with Crippen LogP contribution in [0.4, 0.5) is 13.2 Å². The molecule has 0 atom stereocenters. The normalized spacial score (nSPS) is 11.7. The lowest BCUT2D eigenvalue weighted by Crippen LogP contribution is -2.09. The van der Waals surface area contributed by atoms with Crippen molar-refractivity contribution in [2.24, 2.45) is 0 Å². The first-order chi connectivity index (χ1) is 25.4. The van der Waals surface area contributed by atoms with E-state index in [4.69, 9.17) is 0 Å². The first-order valence-corrected chi connectivity index (χ1v) is 16.6. The molecule has 0 fully saturated rings. The molecule has 2 aromatic heterocycles. The van der Waals surface area contributed by atoms with Crippen LogP contribution in [0.15, 0.2) is 152 Å². The molecule has 52 heavy (non-hydrogen) atoms. The number of benzene rings is 7. The number of hydrogen-bond acceptors (Lipinski definition) is 2. The third kappa shape index (κ3) is 4.75. The van der Waals surface area contributed by atoms with Crippen molar-refractivity contribution < 1.29 is 13.2 Å². The molecule has 0 aliphatic heterocycles. The smallest absolute Gasteiger partial charge is 0.309 e. The lowest BCUT2D eigenvalue weighted by atomic mass is 9.94. The van der Waals surface area contributed by atoms with E-state index in [-0.39, 0.29) is 22.3 Å². The summed E-state index contributed by atoms with van der Waals surface area (Å²) < 4.78 is 47.9. The Labute approximate surface area is 296 Å². The highest BCUT2D eigenvalue weighted by atomic mass is 19.4. The van der Waals surface area contributed by atoms with E-state index < -0.39 is 11.7 Å². The van der Waals surface area contributed by atoms with Gasteiger partial charge in [0.25, 0.3) is 0 Å². The third-order valence-corrected chi connectivity index (χ3v) is 9.82. The second kappa shape index (κ2) is 11.8. The summed E-state index contributed by atoms with van der Waals surface area (Å²) in [5.74, 6) is 0. The molecule has 7 heteroatoms. The molecule has 0 amide bonds. The molecule has 0 saturated carbocycles. The average Bonchev–Trinajstić information content (AvgIpc) is 3.69. The summed E-state index contributed by atoms with van der Waals surface area (Å²) in [7, 11) is 0. The fraction of sp³-hybridized carbons (Fsp3) is 0.0222. The number of aromatic nitrogens is 2. The van der Waals surface area contributed by atoms with E-state index in [2.05, 4.69) is 71.3 Å². The lowest BCUT2D eigenvalue weighted by molar-refractivity contribution is -0.137. The molecule has 0 aliphatic rings. The number of fused-ring (bicyclic) bond motifs is 6. The second-order valence-electron chi connectivity index (χ2n) is 12.7. The van der Waals surface area contributed by atoms with Crippen LogP contribution >= 0.6 is 0 Å². The van der Waals surface area contributed by atoms with Gasteiger partial charge in [-0.05, 0) is 77.9 Å². The van der Waals surface area contributed by atoms with Crippen molar-refractivity contribution in [2.45, 2.75) is 6.18 Å². The van der Waals surface area contributed by atoms with E-state index in [0.29, 0.717) is 5.69 Å². The van der Waals surface area contributed by atoms with Gasteiger partial charge in [-0.1, -0.05) is 84.9 Å². The number of para-hydroxylation sites is 4. The van der Waals surface area contributed by atoms with E-state index in [1.165, 1.54) is 29.0 Å². The highest BCUT2D eigenvalue weighted by Gasteiger charge is 2.35. The Morgan fingerprint density at radius 2 is 0.923 bits per heavy atom. The zero-order valence-corrected chi connectivity index (χ0v) is 27.4. The van der Waals surface area contributed by atoms with Crippen LogP contribution in [0, 0.1) is 22.7 Å². The number of rotatable bonds is 4. The molecule has 0 unspecified atom stereocenters. The largest absolute Gasteiger partial charge is 0.417 e. The van der Waals surface area contributed by atoms with E-state index in [1.54, 1.807) is 12.1 Å². The summed E-state index contributed by atoms with van der Waals surface area (Å²) in [6.45, 7) is 0. The summed E-state index contributed by atoms with van der Waals surface area (Å²) in [5, 5.41) is 23.4. The molecule has 7 aromatic carbocycles. The minimum Gasteiger partial charge on any atom is -0.309 e. The Bertz CT molecular complexity index is 2930. The van der Waals surface area contributed by atoms with Crippen LogP contribution in [0.3, 0.4) is 0 Å². The van der Waals surface area contributed by atoms with Crippen LogP contribution in [-0.2, 0) is 6.18 Å².